The molecule has 0 amide bonds. The highest BCUT2D eigenvalue weighted by Gasteiger charge is 2.18. The lowest BCUT2D eigenvalue weighted by molar-refractivity contribution is 0.0626. The van der Waals surface area contributed by atoms with Crippen molar-refractivity contribution in [3.63, 3.8) is 0 Å². The van der Waals surface area contributed by atoms with E-state index in [-0.39, 0.29) is 18.3 Å². The van der Waals surface area contributed by atoms with Gasteiger partial charge in [-0.2, -0.15) is 0 Å². The third-order valence-electron chi connectivity index (χ3n) is 1.87. The minimum atomic E-state index is -1.38. The Bertz CT molecular complexity index is 352. The van der Waals surface area contributed by atoms with Crippen molar-refractivity contribution < 1.29 is 34.4 Å². The molecule has 1 unspecified atom stereocenters. The molecule has 1 aromatic heterocycles. The van der Waals surface area contributed by atoms with Crippen molar-refractivity contribution in [2.75, 3.05) is 6.61 Å². The molecule has 18 heavy (non-hydrogen) atoms. The molecule has 7 heteroatoms. The van der Waals surface area contributed by atoms with E-state index >= 15 is 0 Å². The van der Waals surface area contributed by atoms with Gasteiger partial charge in [-0.1, -0.05) is 0 Å². The van der Waals surface area contributed by atoms with Crippen molar-refractivity contribution >= 4 is 11.9 Å². The molecular weight excluding hydrogens is 244 g/mol. The predicted molar refractivity (Wildman–Crippen MR) is 60.6 cm³/mol. The maximum atomic E-state index is 10.3. The number of hydrogen-bond donors (Lipinski definition) is 4. The van der Waals surface area contributed by atoms with E-state index in [0.717, 1.165) is 12.3 Å². The van der Waals surface area contributed by atoms with E-state index in [1.54, 1.807) is 6.92 Å². The van der Waals surface area contributed by atoms with Crippen LogP contribution >= 0.6 is 0 Å². The molecule has 7 nitrogen and oxygen atoms in total. The van der Waals surface area contributed by atoms with Crippen molar-refractivity contribution in [2.24, 2.45) is 0 Å². The molecular formula is C11H16O7. The summed E-state index contributed by atoms with van der Waals surface area (Å²) < 4.78 is 4.41. The number of rotatable bonds is 5. The van der Waals surface area contributed by atoms with Gasteiger partial charge in [0.1, 0.15) is 5.56 Å². The normalized spacial score (nSPS) is 11.3. The van der Waals surface area contributed by atoms with Crippen molar-refractivity contribution in [1.82, 2.24) is 0 Å². The summed E-state index contributed by atoms with van der Waals surface area (Å²) in [5.74, 6) is -3.24. The Balaban J connectivity index is 0.000000360. The van der Waals surface area contributed by atoms with E-state index in [1.165, 1.54) is 0 Å². The number of aliphatic hydroxyl groups excluding tert-OH is 2. The number of carboxylic acids is 2. The fourth-order valence-corrected chi connectivity index (χ4v) is 1.03. The Morgan fingerprint density at radius 2 is 1.94 bits per heavy atom. The Morgan fingerprint density at radius 3 is 2.22 bits per heavy atom. The van der Waals surface area contributed by atoms with Gasteiger partial charge in [0.15, 0.2) is 0 Å². The summed E-state index contributed by atoms with van der Waals surface area (Å²) in [7, 11) is 0. The molecule has 0 spiro atoms. The quantitative estimate of drug-likeness (QED) is 0.616. The molecule has 0 aliphatic heterocycles. The second kappa shape index (κ2) is 8.26. The summed E-state index contributed by atoms with van der Waals surface area (Å²) >= 11 is 0. The number of hydrogen-bond acceptors (Lipinski definition) is 5. The monoisotopic (exact) mass is 260 g/mol. The Labute approximate surface area is 103 Å². The number of aromatic carboxylic acids is 2. The summed E-state index contributed by atoms with van der Waals surface area (Å²) in [6.45, 7) is 1.90. The lowest BCUT2D eigenvalue weighted by atomic mass is 10.2. The van der Waals surface area contributed by atoms with Crippen molar-refractivity contribution in [3.05, 3.63) is 23.7 Å². The van der Waals surface area contributed by atoms with Gasteiger partial charge in [0.05, 0.1) is 12.4 Å². The first-order valence-corrected chi connectivity index (χ1v) is 5.23. The first kappa shape index (κ1) is 16.1. The zero-order valence-electron chi connectivity index (χ0n) is 9.87. The minimum Gasteiger partial charge on any atom is -0.478 e. The number of aliphatic hydroxyl groups is 2. The number of carbonyl (C=O) groups is 2. The predicted octanol–water partition coefficient (Wildman–Crippen LogP) is 0.816. The molecule has 0 aliphatic rings. The van der Waals surface area contributed by atoms with Crippen LogP contribution in [-0.4, -0.2) is 45.1 Å². The molecule has 1 heterocycles. The first-order valence-electron chi connectivity index (χ1n) is 5.23. The third-order valence-corrected chi connectivity index (χ3v) is 1.87. The molecule has 0 saturated carbocycles. The molecule has 1 aromatic rings. The van der Waals surface area contributed by atoms with Gasteiger partial charge >= 0.3 is 11.9 Å². The van der Waals surface area contributed by atoms with Gasteiger partial charge < -0.3 is 24.8 Å². The van der Waals surface area contributed by atoms with Crippen LogP contribution in [0.25, 0.3) is 0 Å². The van der Waals surface area contributed by atoms with Crippen LogP contribution in [0.15, 0.2) is 16.7 Å². The molecule has 4 N–H and O–H groups in total. The topological polar surface area (TPSA) is 128 Å². The summed E-state index contributed by atoms with van der Waals surface area (Å²) in [5.41, 5.74) is -0.336. The highest BCUT2D eigenvalue weighted by Crippen LogP contribution is 2.09. The second-order valence-corrected chi connectivity index (χ2v) is 3.49. The Morgan fingerprint density at radius 1 is 1.33 bits per heavy atom. The highest BCUT2D eigenvalue weighted by atomic mass is 16.4. The summed E-state index contributed by atoms with van der Waals surface area (Å²) in [6.07, 6.45) is 2.17. The molecule has 1 rings (SSSR count). The third kappa shape index (κ3) is 6.02. The maximum absolute atomic E-state index is 10.3. The van der Waals surface area contributed by atoms with Gasteiger partial charge in [0.2, 0.25) is 5.76 Å². The lowest BCUT2D eigenvalue weighted by Gasteiger charge is -1.98. The molecule has 0 aromatic carbocycles. The zero-order chi connectivity index (χ0) is 14.1. The molecule has 0 bridgehead atoms. The average Bonchev–Trinajstić information content (AvgIpc) is 2.76. The fourth-order valence-electron chi connectivity index (χ4n) is 1.03. The van der Waals surface area contributed by atoms with E-state index < -0.39 is 17.7 Å². The molecule has 0 radical (unpaired) electrons. The number of carboxylic acid groups (broad SMARTS) is 2. The van der Waals surface area contributed by atoms with Gasteiger partial charge in [0.25, 0.3) is 0 Å². The SMILES string of the molecule is CC(O)CCCO.O=C(O)c1ccoc1C(=O)O. The standard InChI is InChI=1S/C6H4O5.C5H12O2/c7-5(8)3-1-2-11-4(3)6(9)10;1-5(7)3-2-4-6/h1-2H,(H,7,8)(H,9,10);5-7H,2-4H2,1H3. The minimum absolute atomic E-state index is 0.185. The van der Waals surface area contributed by atoms with Crippen LogP contribution in [0.4, 0.5) is 0 Å². The van der Waals surface area contributed by atoms with E-state index in [2.05, 4.69) is 4.42 Å². The van der Waals surface area contributed by atoms with Crippen molar-refractivity contribution in [3.8, 4) is 0 Å². The average molecular weight is 260 g/mol. The van der Waals surface area contributed by atoms with Gasteiger partial charge in [-0.05, 0) is 25.8 Å². The van der Waals surface area contributed by atoms with E-state index in [9.17, 15) is 9.59 Å². The smallest absolute Gasteiger partial charge is 0.372 e. The summed E-state index contributed by atoms with van der Waals surface area (Å²) in [6, 6.07) is 1.09. The first-order chi connectivity index (χ1) is 8.40. The molecule has 0 aliphatic carbocycles. The van der Waals surface area contributed by atoms with Crippen LogP contribution in [0.3, 0.4) is 0 Å². The van der Waals surface area contributed by atoms with Crippen LogP contribution in [0.5, 0.6) is 0 Å². The maximum Gasteiger partial charge on any atom is 0.372 e. The van der Waals surface area contributed by atoms with Crippen LogP contribution in [-0.2, 0) is 0 Å². The van der Waals surface area contributed by atoms with E-state index in [4.69, 9.17) is 20.4 Å². The van der Waals surface area contributed by atoms with E-state index in [1.807, 2.05) is 0 Å². The van der Waals surface area contributed by atoms with Crippen LogP contribution in [0.1, 0.15) is 40.7 Å². The molecule has 1 atom stereocenters. The Kier molecular flexibility index (Phi) is 7.41. The second-order valence-electron chi connectivity index (χ2n) is 3.49. The zero-order valence-corrected chi connectivity index (χ0v) is 9.87. The van der Waals surface area contributed by atoms with Crippen molar-refractivity contribution in [2.45, 2.75) is 25.9 Å². The highest BCUT2D eigenvalue weighted by molar-refractivity contribution is 5.99. The van der Waals surface area contributed by atoms with Gasteiger partial charge in [-0.15, -0.1) is 0 Å². The Hall–Kier alpha value is -1.86. The van der Waals surface area contributed by atoms with E-state index in [0.29, 0.717) is 12.8 Å². The van der Waals surface area contributed by atoms with Crippen LogP contribution < -0.4 is 0 Å². The molecule has 0 fully saturated rings. The van der Waals surface area contributed by atoms with Gasteiger partial charge in [-0.25, -0.2) is 9.59 Å². The summed E-state index contributed by atoms with van der Waals surface area (Å²) in [5, 5.41) is 33.5. The number of furan rings is 1. The van der Waals surface area contributed by atoms with Crippen molar-refractivity contribution in [1.29, 1.82) is 0 Å². The van der Waals surface area contributed by atoms with Gasteiger partial charge in [-0.3, -0.25) is 0 Å². The summed E-state index contributed by atoms with van der Waals surface area (Å²) in [4.78, 5) is 20.5. The van der Waals surface area contributed by atoms with Crippen LogP contribution in [0, 0.1) is 0 Å². The largest absolute Gasteiger partial charge is 0.478 e. The molecule has 0 saturated heterocycles. The molecule has 102 valence electrons. The van der Waals surface area contributed by atoms with Gasteiger partial charge in [0, 0.05) is 6.61 Å². The lowest BCUT2D eigenvalue weighted by Crippen LogP contribution is -2.03. The fraction of sp³-hybridized carbons (Fsp3) is 0.455. The van der Waals surface area contributed by atoms with Crippen LogP contribution in [0.2, 0.25) is 0 Å².